The summed E-state index contributed by atoms with van der Waals surface area (Å²) in [7, 11) is 0. The number of hydrogen-bond acceptors (Lipinski definition) is 6. The lowest BCUT2D eigenvalue weighted by Gasteiger charge is -2.18. The van der Waals surface area contributed by atoms with E-state index in [0.717, 1.165) is 77.0 Å². The zero-order valence-corrected chi connectivity index (χ0v) is 32.1. The van der Waals surface area contributed by atoms with Crippen LogP contribution in [0.15, 0.2) is 72.9 Å². The van der Waals surface area contributed by atoms with Crippen molar-refractivity contribution in [2.75, 3.05) is 13.2 Å². The second-order valence-electron chi connectivity index (χ2n) is 12.8. The van der Waals surface area contributed by atoms with Crippen LogP contribution in [0.3, 0.4) is 0 Å². The standard InChI is InChI=1S/C44H72O6/c1-4-7-10-13-16-17-18-19-20-21-22-23-24-25-26-27-29-31-34-37-43(46)49-40-41(39-48-42(45)36-33-30-15-12-9-6-3)50-44(47)38-35-32-28-14-11-8-5-2/h7,10,16-17,19-20,22-23,25-26,29,31,41H,4-6,8-9,11-15,18,21,24,27-28,30,32-40H2,1-3H3/b10-7-,17-16-,20-19-,23-22-,26-25-,31-29-. The molecule has 0 aromatic carbocycles. The maximum atomic E-state index is 12.5. The molecule has 0 saturated heterocycles. The van der Waals surface area contributed by atoms with Gasteiger partial charge in [-0.05, 0) is 57.8 Å². The van der Waals surface area contributed by atoms with Crippen LogP contribution in [0.25, 0.3) is 0 Å². The summed E-state index contributed by atoms with van der Waals surface area (Å²) in [5.74, 6) is -1.02. The van der Waals surface area contributed by atoms with E-state index in [2.05, 4.69) is 81.5 Å². The molecule has 6 nitrogen and oxygen atoms in total. The molecule has 6 heteroatoms. The van der Waals surface area contributed by atoms with E-state index < -0.39 is 6.10 Å². The fourth-order valence-electron chi connectivity index (χ4n) is 4.99. The van der Waals surface area contributed by atoms with Crippen LogP contribution in [0.4, 0.5) is 0 Å². The van der Waals surface area contributed by atoms with Gasteiger partial charge in [0.2, 0.25) is 0 Å². The Morgan fingerprint density at radius 2 is 0.780 bits per heavy atom. The summed E-state index contributed by atoms with van der Waals surface area (Å²) in [4.78, 5) is 37.2. The lowest BCUT2D eigenvalue weighted by Crippen LogP contribution is -2.30. The fourth-order valence-corrected chi connectivity index (χ4v) is 4.99. The smallest absolute Gasteiger partial charge is 0.306 e. The molecule has 50 heavy (non-hydrogen) atoms. The van der Waals surface area contributed by atoms with Crippen LogP contribution >= 0.6 is 0 Å². The van der Waals surface area contributed by atoms with Gasteiger partial charge in [-0.1, -0.05) is 164 Å². The van der Waals surface area contributed by atoms with Crippen molar-refractivity contribution >= 4 is 17.9 Å². The van der Waals surface area contributed by atoms with E-state index >= 15 is 0 Å². The molecule has 0 amide bonds. The van der Waals surface area contributed by atoms with Gasteiger partial charge < -0.3 is 14.2 Å². The highest BCUT2D eigenvalue weighted by molar-refractivity contribution is 5.71. The number of unbranched alkanes of at least 4 members (excludes halogenated alkanes) is 11. The lowest BCUT2D eigenvalue weighted by molar-refractivity contribution is -0.166. The van der Waals surface area contributed by atoms with Gasteiger partial charge in [-0.15, -0.1) is 0 Å². The maximum absolute atomic E-state index is 12.5. The molecule has 0 rings (SSSR count). The molecule has 1 atom stereocenters. The second-order valence-corrected chi connectivity index (χ2v) is 12.8. The quantitative estimate of drug-likeness (QED) is 0.0288. The molecular formula is C44H72O6. The number of allylic oxidation sites excluding steroid dienone is 12. The van der Waals surface area contributed by atoms with Crippen LogP contribution in [0.5, 0.6) is 0 Å². The van der Waals surface area contributed by atoms with E-state index in [0.29, 0.717) is 19.3 Å². The predicted octanol–water partition coefficient (Wildman–Crippen LogP) is 12.4. The summed E-state index contributed by atoms with van der Waals surface area (Å²) in [5.41, 5.74) is 0. The summed E-state index contributed by atoms with van der Waals surface area (Å²) < 4.78 is 16.4. The average Bonchev–Trinajstić information content (AvgIpc) is 3.11. The highest BCUT2D eigenvalue weighted by atomic mass is 16.6. The van der Waals surface area contributed by atoms with Crippen LogP contribution < -0.4 is 0 Å². The van der Waals surface area contributed by atoms with E-state index in [1.54, 1.807) is 0 Å². The molecule has 0 radical (unpaired) electrons. The molecule has 1 unspecified atom stereocenters. The van der Waals surface area contributed by atoms with Crippen LogP contribution in [0.2, 0.25) is 0 Å². The van der Waals surface area contributed by atoms with Crippen LogP contribution in [0, 0.1) is 0 Å². The Labute approximate surface area is 306 Å². The van der Waals surface area contributed by atoms with Gasteiger partial charge in [0.05, 0.1) is 0 Å². The van der Waals surface area contributed by atoms with Gasteiger partial charge in [0.15, 0.2) is 6.10 Å². The third-order valence-electron chi connectivity index (χ3n) is 7.99. The molecule has 0 aliphatic rings. The third-order valence-corrected chi connectivity index (χ3v) is 7.99. The molecule has 0 N–H and O–H groups in total. The Hall–Kier alpha value is -3.15. The van der Waals surface area contributed by atoms with Gasteiger partial charge in [-0.3, -0.25) is 14.4 Å². The van der Waals surface area contributed by atoms with Crippen molar-refractivity contribution in [1.29, 1.82) is 0 Å². The monoisotopic (exact) mass is 697 g/mol. The summed E-state index contributed by atoms with van der Waals surface area (Å²) in [6.07, 6.45) is 46.4. The van der Waals surface area contributed by atoms with Crippen molar-refractivity contribution in [3.05, 3.63) is 72.9 Å². The number of ether oxygens (including phenoxy) is 3. The summed E-state index contributed by atoms with van der Waals surface area (Å²) in [6, 6.07) is 0. The normalized spacial score (nSPS) is 12.8. The Kier molecular flexibility index (Phi) is 36.2. The molecule has 0 bridgehead atoms. The summed E-state index contributed by atoms with van der Waals surface area (Å²) >= 11 is 0. The third kappa shape index (κ3) is 36.1. The van der Waals surface area contributed by atoms with Gasteiger partial charge in [0, 0.05) is 19.3 Å². The summed E-state index contributed by atoms with van der Waals surface area (Å²) in [6.45, 7) is 6.31. The first-order valence-corrected chi connectivity index (χ1v) is 19.9. The largest absolute Gasteiger partial charge is 0.462 e. The molecule has 0 spiro atoms. The molecule has 284 valence electrons. The fraction of sp³-hybridized carbons (Fsp3) is 0.659. The van der Waals surface area contributed by atoms with E-state index in [9.17, 15) is 14.4 Å². The van der Waals surface area contributed by atoms with Gasteiger partial charge >= 0.3 is 17.9 Å². The van der Waals surface area contributed by atoms with Crippen molar-refractivity contribution in [2.24, 2.45) is 0 Å². The number of carbonyl (C=O) groups is 3. The number of hydrogen-bond donors (Lipinski definition) is 0. The van der Waals surface area contributed by atoms with Gasteiger partial charge in [-0.2, -0.15) is 0 Å². The number of rotatable bonds is 34. The second kappa shape index (κ2) is 38.6. The van der Waals surface area contributed by atoms with Crippen molar-refractivity contribution in [3.8, 4) is 0 Å². The predicted molar refractivity (Wildman–Crippen MR) is 210 cm³/mol. The van der Waals surface area contributed by atoms with Gasteiger partial charge in [0.25, 0.3) is 0 Å². The molecule has 0 heterocycles. The Bertz CT molecular complexity index is 986. The Morgan fingerprint density at radius 3 is 1.22 bits per heavy atom. The first kappa shape index (κ1) is 46.9. The van der Waals surface area contributed by atoms with Crippen molar-refractivity contribution < 1.29 is 28.6 Å². The van der Waals surface area contributed by atoms with E-state index in [1.165, 1.54) is 44.9 Å². The van der Waals surface area contributed by atoms with E-state index in [1.807, 2.05) is 12.2 Å². The van der Waals surface area contributed by atoms with E-state index in [4.69, 9.17) is 14.2 Å². The van der Waals surface area contributed by atoms with Crippen LogP contribution in [-0.2, 0) is 28.6 Å². The first-order chi connectivity index (χ1) is 24.5. The molecular weight excluding hydrogens is 624 g/mol. The highest BCUT2D eigenvalue weighted by Gasteiger charge is 2.19. The SMILES string of the molecule is CC/C=C\C/C=C\C/C=C\C/C=C\C/C=C\C/C=C\CCC(=O)OCC(COC(=O)CCCCCCCC)OC(=O)CCCCCCCCC. The topological polar surface area (TPSA) is 78.9 Å². The Balaban J connectivity index is 4.36. The maximum Gasteiger partial charge on any atom is 0.306 e. The molecule has 0 aliphatic heterocycles. The molecule has 0 aliphatic carbocycles. The lowest BCUT2D eigenvalue weighted by atomic mass is 10.1. The zero-order valence-electron chi connectivity index (χ0n) is 32.1. The number of esters is 3. The van der Waals surface area contributed by atoms with E-state index in [-0.39, 0.29) is 37.5 Å². The zero-order chi connectivity index (χ0) is 36.6. The minimum Gasteiger partial charge on any atom is -0.462 e. The molecule has 0 saturated carbocycles. The number of carbonyl (C=O) groups excluding carboxylic acids is 3. The van der Waals surface area contributed by atoms with Gasteiger partial charge in [0.1, 0.15) is 13.2 Å². The first-order valence-electron chi connectivity index (χ1n) is 19.9. The minimum absolute atomic E-state index is 0.0993. The minimum atomic E-state index is -0.796. The van der Waals surface area contributed by atoms with Crippen molar-refractivity contribution in [1.82, 2.24) is 0 Å². The Morgan fingerprint density at radius 1 is 0.420 bits per heavy atom. The molecule has 0 aromatic rings. The molecule has 0 aromatic heterocycles. The van der Waals surface area contributed by atoms with Gasteiger partial charge in [-0.25, -0.2) is 0 Å². The average molecular weight is 697 g/mol. The van der Waals surface area contributed by atoms with Crippen LogP contribution in [0.1, 0.15) is 168 Å². The highest BCUT2D eigenvalue weighted by Crippen LogP contribution is 2.11. The van der Waals surface area contributed by atoms with Crippen molar-refractivity contribution in [2.45, 2.75) is 175 Å². The van der Waals surface area contributed by atoms with Crippen LogP contribution in [-0.4, -0.2) is 37.2 Å². The van der Waals surface area contributed by atoms with Crippen molar-refractivity contribution in [3.63, 3.8) is 0 Å². The molecule has 0 fully saturated rings. The summed E-state index contributed by atoms with van der Waals surface area (Å²) in [5, 5.41) is 0.